The largest absolute Gasteiger partial charge is 0.493 e. The highest BCUT2D eigenvalue weighted by atomic mass is 16.5. The predicted molar refractivity (Wildman–Crippen MR) is 115 cm³/mol. The van der Waals surface area contributed by atoms with Crippen molar-refractivity contribution in [2.45, 2.75) is 13.3 Å². The molecule has 3 nitrogen and oxygen atoms in total. The lowest BCUT2D eigenvalue weighted by atomic mass is 9.92. The summed E-state index contributed by atoms with van der Waals surface area (Å²) in [5.74, 6) is 1.61. The Balaban J connectivity index is 2.07. The third-order valence-electron chi connectivity index (χ3n) is 4.84. The van der Waals surface area contributed by atoms with Gasteiger partial charge in [-0.05, 0) is 40.1 Å². The topological polar surface area (TPSA) is 38.7 Å². The van der Waals surface area contributed by atoms with E-state index in [-0.39, 0.29) is 13.2 Å². The lowest BCUT2D eigenvalue weighted by Crippen LogP contribution is -2.04. The van der Waals surface area contributed by atoms with Gasteiger partial charge in [0.1, 0.15) is 18.1 Å². The van der Waals surface area contributed by atoms with Crippen LogP contribution >= 0.6 is 0 Å². The van der Waals surface area contributed by atoms with Gasteiger partial charge in [-0.15, -0.1) is 0 Å². The minimum atomic E-state index is -0.0268. The summed E-state index contributed by atoms with van der Waals surface area (Å²) >= 11 is 0. The van der Waals surface area contributed by atoms with Crippen molar-refractivity contribution in [2.75, 3.05) is 19.8 Å². The molecule has 0 bridgehead atoms. The highest BCUT2D eigenvalue weighted by Gasteiger charge is 2.18. The van der Waals surface area contributed by atoms with Gasteiger partial charge < -0.3 is 14.6 Å². The summed E-state index contributed by atoms with van der Waals surface area (Å²) in [6, 6.07) is 24.8. The van der Waals surface area contributed by atoms with Crippen LogP contribution in [0.2, 0.25) is 0 Å². The Hall–Kier alpha value is -3.04. The molecule has 0 amide bonds. The van der Waals surface area contributed by atoms with E-state index < -0.39 is 0 Å². The fraction of sp³-hybridized carbons (Fsp3) is 0.200. The Morgan fingerprint density at radius 2 is 1.14 bits per heavy atom. The number of rotatable bonds is 7. The molecular formula is C25H24O3. The second kappa shape index (κ2) is 8.32. The minimum absolute atomic E-state index is 0.0268. The second-order valence-electron chi connectivity index (χ2n) is 6.74. The van der Waals surface area contributed by atoms with Gasteiger partial charge in [0, 0.05) is 11.1 Å². The molecule has 0 atom stereocenters. The van der Waals surface area contributed by atoms with Gasteiger partial charge in [0.05, 0.1) is 13.2 Å². The summed E-state index contributed by atoms with van der Waals surface area (Å²) in [6.45, 7) is 2.99. The molecule has 0 aliphatic rings. The molecule has 0 heterocycles. The third kappa shape index (κ3) is 3.41. The van der Waals surface area contributed by atoms with Crippen molar-refractivity contribution < 1.29 is 14.6 Å². The molecule has 0 aromatic heterocycles. The maximum Gasteiger partial charge on any atom is 0.128 e. The van der Waals surface area contributed by atoms with E-state index in [9.17, 15) is 5.11 Å². The van der Waals surface area contributed by atoms with Gasteiger partial charge in [-0.1, -0.05) is 67.6 Å². The Labute approximate surface area is 165 Å². The van der Waals surface area contributed by atoms with Crippen LogP contribution < -0.4 is 9.47 Å². The van der Waals surface area contributed by atoms with Crippen LogP contribution in [0.4, 0.5) is 0 Å². The number of aliphatic hydroxyl groups excluding tert-OH is 1. The van der Waals surface area contributed by atoms with Crippen LogP contribution in [0.5, 0.6) is 11.5 Å². The molecule has 0 fully saturated rings. The quantitative estimate of drug-likeness (QED) is 0.444. The van der Waals surface area contributed by atoms with Crippen LogP contribution in [-0.2, 0) is 0 Å². The van der Waals surface area contributed by atoms with Crippen molar-refractivity contribution in [3.8, 4) is 22.6 Å². The maximum atomic E-state index is 9.30. The number of ether oxygens (including phenoxy) is 2. The zero-order valence-corrected chi connectivity index (χ0v) is 16.0. The highest BCUT2D eigenvalue weighted by molar-refractivity contribution is 6.09. The molecule has 1 N–H and O–H groups in total. The van der Waals surface area contributed by atoms with Crippen molar-refractivity contribution in [3.05, 3.63) is 72.8 Å². The lowest BCUT2D eigenvalue weighted by Gasteiger charge is -2.19. The molecule has 0 spiro atoms. The minimum Gasteiger partial charge on any atom is -0.493 e. The van der Waals surface area contributed by atoms with E-state index in [4.69, 9.17) is 9.47 Å². The van der Waals surface area contributed by atoms with E-state index in [0.717, 1.165) is 50.6 Å². The predicted octanol–water partition coefficient (Wildman–Crippen LogP) is 5.82. The van der Waals surface area contributed by atoms with Crippen LogP contribution in [0.25, 0.3) is 32.7 Å². The molecule has 142 valence electrons. The number of benzene rings is 4. The van der Waals surface area contributed by atoms with E-state index >= 15 is 0 Å². The monoisotopic (exact) mass is 372 g/mol. The molecule has 0 aliphatic heterocycles. The first-order valence-electron chi connectivity index (χ1n) is 9.74. The summed E-state index contributed by atoms with van der Waals surface area (Å²) in [6.07, 6.45) is 0.940. The van der Waals surface area contributed by atoms with Crippen LogP contribution in [0.3, 0.4) is 0 Å². The normalized spacial score (nSPS) is 11.1. The average molecular weight is 372 g/mol. The van der Waals surface area contributed by atoms with Crippen molar-refractivity contribution in [2.24, 2.45) is 0 Å². The van der Waals surface area contributed by atoms with Crippen LogP contribution in [0, 0.1) is 0 Å². The van der Waals surface area contributed by atoms with E-state index in [1.807, 2.05) is 30.3 Å². The molecule has 0 unspecified atom stereocenters. The van der Waals surface area contributed by atoms with Crippen LogP contribution in [0.15, 0.2) is 72.8 Å². The zero-order valence-electron chi connectivity index (χ0n) is 16.0. The molecule has 0 saturated heterocycles. The van der Waals surface area contributed by atoms with Crippen molar-refractivity contribution in [1.82, 2.24) is 0 Å². The molecule has 28 heavy (non-hydrogen) atoms. The number of hydrogen-bond acceptors (Lipinski definition) is 3. The summed E-state index contributed by atoms with van der Waals surface area (Å²) < 4.78 is 12.1. The Kier molecular flexibility index (Phi) is 5.45. The first-order valence-corrected chi connectivity index (χ1v) is 9.74. The Morgan fingerprint density at radius 3 is 1.64 bits per heavy atom. The van der Waals surface area contributed by atoms with Crippen molar-refractivity contribution >= 4 is 21.5 Å². The third-order valence-corrected chi connectivity index (χ3v) is 4.84. The van der Waals surface area contributed by atoms with Gasteiger partial charge in [0.25, 0.3) is 0 Å². The summed E-state index contributed by atoms with van der Waals surface area (Å²) in [5, 5.41) is 13.8. The first kappa shape index (κ1) is 18.3. The molecule has 4 aromatic rings. The Morgan fingerprint density at radius 1 is 0.643 bits per heavy atom. The van der Waals surface area contributed by atoms with Gasteiger partial charge in [-0.3, -0.25) is 0 Å². The fourth-order valence-corrected chi connectivity index (χ4v) is 3.63. The van der Waals surface area contributed by atoms with Crippen LogP contribution in [0.1, 0.15) is 13.3 Å². The smallest absolute Gasteiger partial charge is 0.128 e. The van der Waals surface area contributed by atoms with E-state index in [0.29, 0.717) is 6.61 Å². The summed E-state index contributed by atoms with van der Waals surface area (Å²) in [7, 11) is 0. The van der Waals surface area contributed by atoms with Crippen molar-refractivity contribution in [1.29, 1.82) is 0 Å². The number of hydrogen-bond donors (Lipinski definition) is 1. The van der Waals surface area contributed by atoms with Gasteiger partial charge in [-0.25, -0.2) is 0 Å². The van der Waals surface area contributed by atoms with Gasteiger partial charge in [0.15, 0.2) is 0 Å². The lowest BCUT2D eigenvalue weighted by molar-refractivity contribution is 0.202. The highest BCUT2D eigenvalue weighted by Crippen LogP contribution is 2.45. The molecule has 0 saturated carbocycles. The molecule has 0 radical (unpaired) electrons. The molecule has 4 rings (SSSR count). The summed E-state index contributed by atoms with van der Waals surface area (Å²) in [5.41, 5.74) is 2.05. The average Bonchev–Trinajstić information content (AvgIpc) is 2.75. The number of aliphatic hydroxyl groups is 1. The molecule has 3 heteroatoms. The Bertz CT molecular complexity index is 1010. The molecular weight excluding hydrogens is 348 g/mol. The molecule has 4 aromatic carbocycles. The zero-order chi connectivity index (χ0) is 19.3. The van der Waals surface area contributed by atoms with Crippen LogP contribution in [-0.4, -0.2) is 24.9 Å². The van der Waals surface area contributed by atoms with E-state index in [1.54, 1.807) is 0 Å². The maximum absolute atomic E-state index is 9.30. The molecule has 0 aliphatic carbocycles. The SMILES string of the molecule is CCCOc1ccc2ccccc2c1-c1c(OCCO)ccc2ccccc12. The van der Waals surface area contributed by atoms with Gasteiger partial charge >= 0.3 is 0 Å². The first-order chi connectivity index (χ1) is 13.8. The van der Waals surface area contributed by atoms with Gasteiger partial charge in [0.2, 0.25) is 0 Å². The standard InChI is InChI=1S/C25H24O3/c1-2-16-27-22-13-11-18-7-3-5-9-20(18)24(22)25-21-10-6-4-8-19(21)12-14-23(25)28-17-15-26/h3-14,26H,2,15-17H2,1H3. The van der Waals surface area contributed by atoms with E-state index in [2.05, 4.69) is 49.4 Å². The number of fused-ring (bicyclic) bond motifs is 2. The second-order valence-corrected chi connectivity index (χ2v) is 6.74. The van der Waals surface area contributed by atoms with E-state index in [1.165, 1.54) is 0 Å². The van der Waals surface area contributed by atoms with Gasteiger partial charge in [-0.2, -0.15) is 0 Å². The summed E-state index contributed by atoms with van der Waals surface area (Å²) in [4.78, 5) is 0. The van der Waals surface area contributed by atoms with Crippen molar-refractivity contribution in [3.63, 3.8) is 0 Å². The fourth-order valence-electron chi connectivity index (χ4n) is 3.63.